The number of ether oxygens (including phenoxy) is 1. The van der Waals surface area contributed by atoms with Crippen LogP contribution >= 0.6 is 22.9 Å². The highest BCUT2D eigenvalue weighted by Crippen LogP contribution is 2.44. The zero-order chi connectivity index (χ0) is 13.4. The predicted molar refractivity (Wildman–Crippen MR) is 81.0 cm³/mol. The Morgan fingerprint density at radius 3 is 2.79 bits per heavy atom. The Morgan fingerprint density at radius 1 is 1.32 bits per heavy atom. The fourth-order valence-corrected chi connectivity index (χ4v) is 3.59. The molecule has 1 atom stereocenters. The van der Waals surface area contributed by atoms with Crippen molar-refractivity contribution in [2.75, 3.05) is 7.11 Å². The van der Waals surface area contributed by atoms with Crippen LogP contribution in [0.5, 0.6) is 5.75 Å². The summed E-state index contributed by atoms with van der Waals surface area (Å²) in [7, 11) is 1.66. The standard InChI is InChI=1S/C15H16ClNOS/c1-18-10-4-5-12(16)11(8-10)13-6-7-14(19-13)15(17)9-2-3-9/h4-9,15H,2-3,17H2,1H3. The Labute approximate surface area is 122 Å². The molecule has 2 N–H and O–H groups in total. The van der Waals surface area contributed by atoms with Gasteiger partial charge in [0.1, 0.15) is 5.75 Å². The van der Waals surface area contributed by atoms with Gasteiger partial charge in [0.15, 0.2) is 0 Å². The molecule has 1 aromatic heterocycles. The maximum atomic E-state index is 6.27. The van der Waals surface area contributed by atoms with Crippen LogP contribution in [0.3, 0.4) is 0 Å². The van der Waals surface area contributed by atoms with Crippen LogP contribution in [0.1, 0.15) is 23.8 Å². The molecule has 0 radical (unpaired) electrons. The molecule has 2 nitrogen and oxygen atoms in total. The van der Waals surface area contributed by atoms with E-state index in [1.54, 1.807) is 18.4 Å². The molecule has 1 aliphatic rings. The van der Waals surface area contributed by atoms with Gasteiger partial charge in [-0.3, -0.25) is 0 Å². The Bertz CT molecular complexity index is 592. The summed E-state index contributed by atoms with van der Waals surface area (Å²) >= 11 is 8.00. The third kappa shape index (κ3) is 2.64. The molecule has 1 aliphatic carbocycles. The van der Waals surface area contributed by atoms with Crippen molar-refractivity contribution in [3.05, 3.63) is 40.2 Å². The van der Waals surface area contributed by atoms with Gasteiger partial charge in [-0.1, -0.05) is 11.6 Å². The molecule has 1 heterocycles. The van der Waals surface area contributed by atoms with Gasteiger partial charge in [0.2, 0.25) is 0 Å². The van der Waals surface area contributed by atoms with E-state index in [-0.39, 0.29) is 6.04 Å². The molecule has 19 heavy (non-hydrogen) atoms. The normalized spacial score (nSPS) is 16.4. The molecule has 0 bridgehead atoms. The van der Waals surface area contributed by atoms with Gasteiger partial charge in [-0.2, -0.15) is 0 Å². The summed E-state index contributed by atoms with van der Waals surface area (Å²) in [5.74, 6) is 1.49. The summed E-state index contributed by atoms with van der Waals surface area (Å²) in [5.41, 5.74) is 7.25. The summed E-state index contributed by atoms with van der Waals surface area (Å²) in [6.45, 7) is 0. The second kappa shape index (κ2) is 5.16. The van der Waals surface area contributed by atoms with E-state index in [0.29, 0.717) is 5.92 Å². The SMILES string of the molecule is COc1ccc(Cl)c(-c2ccc(C(N)C3CC3)s2)c1. The molecule has 0 aliphatic heterocycles. The number of methoxy groups -OCH3 is 1. The number of nitrogens with two attached hydrogens (primary N) is 1. The fourth-order valence-electron chi connectivity index (χ4n) is 2.18. The first-order valence-corrected chi connectivity index (χ1v) is 7.57. The molecule has 1 fully saturated rings. The summed E-state index contributed by atoms with van der Waals surface area (Å²) in [6, 6.07) is 10.1. The first-order chi connectivity index (χ1) is 9.19. The van der Waals surface area contributed by atoms with Gasteiger partial charge in [0.05, 0.1) is 7.11 Å². The van der Waals surface area contributed by atoms with Gasteiger partial charge in [-0.25, -0.2) is 0 Å². The van der Waals surface area contributed by atoms with Crippen molar-refractivity contribution in [3.63, 3.8) is 0 Å². The van der Waals surface area contributed by atoms with Crippen molar-refractivity contribution in [2.24, 2.45) is 11.7 Å². The smallest absolute Gasteiger partial charge is 0.119 e. The second-order valence-corrected chi connectivity index (χ2v) is 6.43. The number of thiophene rings is 1. The summed E-state index contributed by atoms with van der Waals surface area (Å²) in [4.78, 5) is 2.39. The summed E-state index contributed by atoms with van der Waals surface area (Å²) < 4.78 is 5.26. The van der Waals surface area contributed by atoms with Crippen LogP contribution in [-0.4, -0.2) is 7.11 Å². The minimum Gasteiger partial charge on any atom is -0.497 e. The zero-order valence-corrected chi connectivity index (χ0v) is 12.3. The van der Waals surface area contributed by atoms with Gasteiger partial charge in [0.25, 0.3) is 0 Å². The minimum atomic E-state index is 0.183. The van der Waals surface area contributed by atoms with Crippen molar-refractivity contribution in [1.29, 1.82) is 0 Å². The van der Waals surface area contributed by atoms with E-state index in [9.17, 15) is 0 Å². The van der Waals surface area contributed by atoms with Crippen LogP contribution in [0.2, 0.25) is 5.02 Å². The Balaban J connectivity index is 1.93. The van der Waals surface area contributed by atoms with Crippen molar-refractivity contribution >= 4 is 22.9 Å². The highest BCUT2D eigenvalue weighted by Gasteiger charge is 2.30. The highest BCUT2D eigenvalue weighted by molar-refractivity contribution is 7.15. The van der Waals surface area contributed by atoms with E-state index in [0.717, 1.165) is 21.2 Å². The lowest BCUT2D eigenvalue weighted by Gasteiger charge is -2.07. The topological polar surface area (TPSA) is 35.2 Å². The van der Waals surface area contributed by atoms with Crippen molar-refractivity contribution < 1.29 is 4.74 Å². The van der Waals surface area contributed by atoms with Gasteiger partial charge in [-0.05, 0) is 49.1 Å². The van der Waals surface area contributed by atoms with Crippen LogP contribution in [0.4, 0.5) is 0 Å². The van der Waals surface area contributed by atoms with E-state index < -0.39 is 0 Å². The molecule has 2 aromatic rings. The van der Waals surface area contributed by atoms with Crippen molar-refractivity contribution in [2.45, 2.75) is 18.9 Å². The molecule has 100 valence electrons. The van der Waals surface area contributed by atoms with Gasteiger partial charge < -0.3 is 10.5 Å². The second-order valence-electron chi connectivity index (χ2n) is 4.91. The lowest BCUT2D eigenvalue weighted by Crippen LogP contribution is -2.10. The van der Waals surface area contributed by atoms with Crippen LogP contribution in [0, 0.1) is 5.92 Å². The Kier molecular flexibility index (Phi) is 3.52. The highest BCUT2D eigenvalue weighted by atomic mass is 35.5. The number of hydrogen-bond acceptors (Lipinski definition) is 3. The van der Waals surface area contributed by atoms with Crippen LogP contribution < -0.4 is 10.5 Å². The molecule has 0 amide bonds. The predicted octanol–water partition coefficient (Wildman–Crippen LogP) is 4.49. The number of halogens is 1. The quantitative estimate of drug-likeness (QED) is 0.901. The van der Waals surface area contributed by atoms with E-state index in [4.69, 9.17) is 22.1 Å². The van der Waals surface area contributed by atoms with Crippen LogP contribution in [0.25, 0.3) is 10.4 Å². The van der Waals surface area contributed by atoms with E-state index >= 15 is 0 Å². The lowest BCUT2D eigenvalue weighted by molar-refractivity contribution is 0.415. The minimum absolute atomic E-state index is 0.183. The van der Waals surface area contributed by atoms with E-state index in [1.807, 2.05) is 18.2 Å². The van der Waals surface area contributed by atoms with Crippen molar-refractivity contribution in [3.8, 4) is 16.2 Å². The number of rotatable bonds is 4. The Morgan fingerprint density at radius 2 is 2.11 bits per heavy atom. The van der Waals surface area contributed by atoms with Gasteiger partial charge in [0, 0.05) is 26.4 Å². The third-order valence-electron chi connectivity index (χ3n) is 3.52. The molecule has 0 spiro atoms. The van der Waals surface area contributed by atoms with Gasteiger partial charge in [-0.15, -0.1) is 11.3 Å². The van der Waals surface area contributed by atoms with E-state index in [2.05, 4.69) is 12.1 Å². The van der Waals surface area contributed by atoms with Crippen molar-refractivity contribution in [1.82, 2.24) is 0 Å². The first kappa shape index (κ1) is 13.0. The van der Waals surface area contributed by atoms with E-state index in [1.165, 1.54) is 17.7 Å². The molecule has 3 rings (SSSR count). The summed E-state index contributed by atoms with van der Waals surface area (Å²) in [5, 5.41) is 0.745. The molecule has 4 heteroatoms. The molecular formula is C15H16ClNOS. The molecule has 1 aromatic carbocycles. The molecule has 1 unspecified atom stereocenters. The lowest BCUT2D eigenvalue weighted by atomic mass is 10.1. The average Bonchev–Trinajstić information content (AvgIpc) is 3.16. The maximum Gasteiger partial charge on any atom is 0.119 e. The average molecular weight is 294 g/mol. The third-order valence-corrected chi connectivity index (χ3v) is 5.07. The van der Waals surface area contributed by atoms with Crippen LogP contribution in [-0.2, 0) is 0 Å². The molecular weight excluding hydrogens is 278 g/mol. The number of benzene rings is 1. The maximum absolute atomic E-state index is 6.27. The molecule has 1 saturated carbocycles. The summed E-state index contributed by atoms with van der Waals surface area (Å²) in [6.07, 6.45) is 2.52. The number of hydrogen-bond donors (Lipinski definition) is 1. The fraction of sp³-hybridized carbons (Fsp3) is 0.333. The first-order valence-electron chi connectivity index (χ1n) is 6.38. The van der Waals surface area contributed by atoms with Gasteiger partial charge >= 0.3 is 0 Å². The monoisotopic (exact) mass is 293 g/mol. The van der Waals surface area contributed by atoms with Crippen LogP contribution in [0.15, 0.2) is 30.3 Å². The molecule has 0 saturated heterocycles. The zero-order valence-electron chi connectivity index (χ0n) is 10.7. The largest absolute Gasteiger partial charge is 0.497 e. The Hall–Kier alpha value is -1.03.